The number of ether oxygens (including phenoxy) is 5. The van der Waals surface area contributed by atoms with Gasteiger partial charge in [-0.15, -0.1) is 0 Å². The van der Waals surface area contributed by atoms with Crippen molar-refractivity contribution in [3.63, 3.8) is 0 Å². The van der Waals surface area contributed by atoms with Crippen LogP contribution in [0, 0.1) is 23.7 Å². The number of cyclic esters (lactones) is 1. The van der Waals surface area contributed by atoms with Crippen LogP contribution in [-0.4, -0.2) is 119 Å². The summed E-state index contributed by atoms with van der Waals surface area (Å²) in [6, 6.07) is -0.249. The number of carbonyl (C=O) groups is 3. The Kier molecular flexibility index (Phi) is 13.1. The van der Waals surface area contributed by atoms with E-state index in [0.717, 1.165) is 0 Å². The number of likely N-dealkylation sites (N-methyl/N-ethyl adjacent to an activating group) is 1. The minimum Gasteiger partial charge on any atom is -0.455 e. The van der Waals surface area contributed by atoms with Gasteiger partial charge in [0.25, 0.3) is 0 Å². The molecule has 0 aromatic carbocycles. The average molecular weight is 630 g/mol. The number of carbonyl (C=O) groups excluding carboxylic acids is 3. The molecule has 0 amide bonds. The molecule has 2 aliphatic heterocycles. The number of hydrogen-bond acceptors (Lipinski definition) is 12. The molecule has 0 spiro atoms. The van der Waals surface area contributed by atoms with Crippen LogP contribution in [0.1, 0.15) is 68.2 Å². The first-order chi connectivity index (χ1) is 20.2. The zero-order valence-corrected chi connectivity index (χ0v) is 28.2. The summed E-state index contributed by atoms with van der Waals surface area (Å²) >= 11 is 0. The third-order valence-corrected chi connectivity index (χ3v) is 9.55. The summed E-state index contributed by atoms with van der Waals surface area (Å²) in [5.41, 5.74) is -3.30. The topological polar surface area (TPSA) is 161 Å². The number of rotatable bonds is 6. The summed E-state index contributed by atoms with van der Waals surface area (Å²) < 4.78 is 30.2. The summed E-state index contributed by atoms with van der Waals surface area (Å²) in [6.07, 6.45) is -5.66. The zero-order chi connectivity index (χ0) is 33.9. The maximum absolute atomic E-state index is 13.7. The predicted octanol–water partition coefficient (Wildman–Crippen LogP) is 1.86. The Morgan fingerprint density at radius 1 is 1.09 bits per heavy atom. The third kappa shape index (κ3) is 8.26. The molecule has 0 radical (unpaired) electrons. The third-order valence-electron chi connectivity index (χ3n) is 9.55. The Morgan fingerprint density at radius 2 is 1.68 bits per heavy atom. The van der Waals surface area contributed by atoms with Gasteiger partial charge in [0.05, 0.1) is 42.0 Å². The van der Waals surface area contributed by atoms with Crippen molar-refractivity contribution in [2.75, 3.05) is 21.2 Å². The lowest BCUT2D eigenvalue weighted by molar-refractivity contribution is -0.303. The number of aliphatic hydroxyl groups excluding tert-OH is 2. The van der Waals surface area contributed by atoms with E-state index < -0.39 is 83.6 Å². The standard InChI is InChI=1S/C32H55NO11/c1-13-23-32(9,39)27(37)18(4)24(35)16(2)15-31(8,40-12)28(19(5)25(36)20(6)29(38)43-23)44-30-26(42-21(7)34)22(33(10)11)14-17(3)41-30/h13,16-20,22-23,25-28,30,36-37,39H,1,14-15H2,2-12H3/t16-,17-,18+,19+,20-,22+,23-,25+,26-,27-,28-,30+,31-,32-/m1/s1. The van der Waals surface area contributed by atoms with E-state index in [9.17, 15) is 29.7 Å². The molecule has 3 N–H and O–H groups in total. The lowest BCUT2D eigenvalue weighted by Gasteiger charge is -2.48. The van der Waals surface area contributed by atoms with Gasteiger partial charge < -0.3 is 43.9 Å². The monoisotopic (exact) mass is 629 g/mol. The molecular weight excluding hydrogens is 574 g/mol. The Hall–Kier alpha value is -1.93. The van der Waals surface area contributed by atoms with Gasteiger partial charge in [-0.2, -0.15) is 0 Å². The Labute approximate surface area is 262 Å². The van der Waals surface area contributed by atoms with E-state index >= 15 is 0 Å². The molecule has 2 rings (SSSR count). The molecule has 0 unspecified atom stereocenters. The predicted molar refractivity (Wildman–Crippen MR) is 161 cm³/mol. The minimum absolute atomic E-state index is 0.0879. The molecule has 12 nitrogen and oxygen atoms in total. The quantitative estimate of drug-likeness (QED) is 0.289. The summed E-state index contributed by atoms with van der Waals surface area (Å²) in [7, 11) is 5.20. The minimum atomic E-state index is -2.05. The highest BCUT2D eigenvalue weighted by atomic mass is 16.7. The van der Waals surface area contributed by atoms with Crippen molar-refractivity contribution >= 4 is 17.7 Å². The van der Waals surface area contributed by atoms with Crippen LogP contribution < -0.4 is 0 Å². The fourth-order valence-electron chi connectivity index (χ4n) is 6.64. The van der Waals surface area contributed by atoms with E-state index in [1.54, 1.807) is 20.8 Å². The zero-order valence-electron chi connectivity index (χ0n) is 28.2. The van der Waals surface area contributed by atoms with Crippen LogP contribution in [0.5, 0.6) is 0 Å². The Balaban J connectivity index is 2.68. The van der Waals surface area contributed by atoms with Crippen LogP contribution in [0.15, 0.2) is 12.7 Å². The molecule has 12 heteroatoms. The number of Topliss-reactive ketones (excluding diaryl/α,β-unsaturated/α-hetero) is 1. The van der Waals surface area contributed by atoms with Crippen LogP contribution in [0.2, 0.25) is 0 Å². The lowest BCUT2D eigenvalue weighted by Crippen LogP contribution is -2.61. The fraction of sp³-hybridized carbons (Fsp3) is 0.844. The molecule has 2 heterocycles. The van der Waals surface area contributed by atoms with Crippen molar-refractivity contribution in [2.45, 2.75) is 128 Å². The van der Waals surface area contributed by atoms with E-state index in [4.69, 9.17) is 23.7 Å². The summed E-state index contributed by atoms with van der Waals surface area (Å²) in [5.74, 6) is -5.41. The van der Waals surface area contributed by atoms with Crippen molar-refractivity contribution in [3.05, 3.63) is 12.7 Å². The van der Waals surface area contributed by atoms with Gasteiger partial charge in [-0.3, -0.25) is 14.4 Å². The van der Waals surface area contributed by atoms with Crippen molar-refractivity contribution in [1.29, 1.82) is 0 Å². The fourth-order valence-corrected chi connectivity index (χ4v) is 6.64. The first-order valence-electron chi connectivity index (χ1n) is 15.4. The highest BCUT2D eigenvalue weighted by Crippen LogP contribution is 2.39. The molecular formula is C32H55NO11. The molecule has 14 atom stereocenters. The van der Waals surface area contributed by atoms with Crippen LogP contribution in [0.3, 0.4) is 0 Å². The first-order valence-corrected chi connectivity index (χ1v) is 15.4. The second-order valence-corrected chi connectivity index (χ2v) is 13.4. The van der Waals surface area contributed by atoms with Crippen LogP contribution in [0.25, 0.3) is 0 Å². The van der Waals surface area contributed by atoms with E-state index in [1.807, 2.05) is 25.9 Å². The molecule has 0 saturated carbocycles. The average Bonchev–Trinajstić information content (AvgIpc) is 2.95. The highest BCUT2D eigenvalue weighted by molar-refractivity contribution is 5.83. The highest BCUT2D eigenvalue weighted by Gasteiger charge is 2.52. The number of nitrogens with zero attached hydrogens (tertiary/aromatic N) is 1. The SMILES string of the molecule is C=C[C@H]1OC(=O)[C@H](C)[C@@H](O)[C@H](C)[C@@H](O[C@@H]2O[C@H](C)C[C@H](N(C)C)[C@H]2OC(C)=O)[C@](C)(OC)C[C@@H](C)C(=O)[C@H](C)[C@@H](O)[C@]1(C)O. The first kappa shape index (κ1) is 38.3. The smallest absolute Gasteiger partial charge is 0.311 e. The molecule has 0 aromatic heterocycles. The summed E-state index contributed by atoms with van der Waals surface area (Å²) in [6.45, 7) is 16.2. The van der Waals surface area contributed by atoms with Gasteiger partial charge in [-0.25, -0.2) is 0 Å². The van der Waals surface area contributed by atoms with Gasteiger partial charge >= 0.3 is 11.9 Å². The maximum atomic E-state index is 13.7. The van der Waals surface area contributed by atoms with E-state index in [2.05, 4.69) is 6.58 Å². The van der Waals surface area contributed by atoms with E-state index in [1.165, 1.54) is 40.9 Å². The maximum Gasteiger partial charge on any atom is 0.311 e. The van der Waals surface area contributed by atoms with Crippen LogP contribution in [-0.2, 0) is 38.1 Å². The van der Waals surface area contributed by atoms with E-state index in [-0.39, 0.29) is 24.3 Å². The summed E-state index contributed by atoms with van der Waals surface area (Å²) in [5, 5.41) is 33.9. The number of aliphatic hydroxyl groups is 3. The largest absolute Gasteiger partial charge is 0.455 e. The van der Waals surface area contributed by atoms with Crippen LogP contribution in [0.4, 0.5) is 0 Å². The van der Waals surface area contributed by atoms with Crippen molar-refractivity contribution in [3.8, 4) is 0 Å². The van der Waals surface area contributed by atoms with Crippen molar-refractivity contribution in [2.24, 2.45) is 23.7 Å². The van der Waals surface area contributed by atoms with Gasteiger partial charge in [0, 0.05) is 31.8 Å². The number of methoxy groups -OCH3 is 1. The Bertz CT molecular complexity index is 1020. The molecule has 254 valence electrons. The molecule has 44 heavy (non-hydrogen) atoms. The van der Waals surface area contributed by atoms with Crippen molar-refractivity contribution < 1.29 is 53.4 Å². The van der Waals surface area contributed by atoms with E-state index in [0.29, 0.717) is 6.42 Å². The number of ketones is 1. The molecule has 0 aromatic rings. The number of hydrogen-bond donors (Lipinski definition) is 3. The second kappa shape index (κ2) is 15.1. The Morgan fingerprint density at radius 3 is 2.18 bits per heavy atom. The normalized spacial score (nSPS) is 44.9. The number of esters is 2. The molecule has 2 saturated heterocycles. The molecule has 2 aliphatic rings. The molecule has 0 bridgehead atoms. The molecule has 0 aliphatic carbocycles. The van der Waals surface area contributed by atoms with Gasteiger partial charge in [0.2, 0.25) is 0 Å². The summed E-state index contributed by atoms with van der Waals surface area (Å²) in [4.78, 5) is 41.1. The van der Waals surface area contributed by atoms with Gasteiger partial charge in [-0.05, 0) is 60.7 Å². The van der Waals surface area contributed by atoms with Gasteiger partial charge in [0.1, 0.15) is 11.4 Å². The molecule has 2 fully saturated rings. The lowest BCUT2D eigenvalue weighted by atomic mass is 9.74. The van der Waals surface area contributed by atoms with Crippen LogP contribution >= 0.6 is 0 Å². The second-order valence-electron chi connectivity index (χ2n) is 13.4. The van der Waals surface area contributed by atoms with Gasteiger partial charge in [0.15, 0.2) is 18.5 Å². The van der Waals surface area contributed by atoms with Crippen molar-refractivity contribution in [1.82, 2.24) is 4.90 Å². The van der Waals surface area contributed by atoms with Gasteiger partial charge in [-0.1, -0.05) is 27.4 Å².